The summed E-state index contributed by atoms with van der Waals surface area (Å²) in [5.41, 5.74) is 3.29. The first-order valence-corrected chi connectivity index (χ1v) is 11.4. The van der Waals surface area contributed by atoms with E-state index in [-0.39, 0.29) is 5.75 Å². The molecule has 1 saturated carbocycles. The zero-order valence-corrected chi connectivity index (χ0v) is 17.9. The number of benzene rings is 2. The lowest BCUT2D eigenvalue weighted by atomic mass is 9.77. The summed E-state index contributed by atoms with van der Waals surface area (Å²) < 4.78 is 40.8. The van der Waals surface area contributed by atoms with Gasteiger partial charge in [0.25, 0.3) is 0 Å². The molecule has 0 bridgehead atoms. The molecule has 0 spiro atoms. The molecule has 0 radical (unpaired) electrons. The van der Waals surface area contributed by atoms with Gasteiger partial charge in [0, 0.05) is 0 Å². The lowest BCUT2D eigenvalue weighted by molar-refractivity contribution is -0.274. The van der Waals surface area contributed by atoms with E-state index in [2.05, 4.69) is 35.9 Å². The van der Waals surface area contributed by atoms with Crippen LogP contribution in [-0.4, -0.2) is 6.36 Å². The molecule has 164 valence electrons. The maximum Gasteiger partial charge on any atom is 0.573 e. The van der Waals surface area contributed by atoms with Crippen molar-refractivity contribution in [3.63, 3.8) is 0 Å². The van der Waals surface area contributed by atoms with Crippen molar-refractivity contribution >= 4 is 0 Å². The summed E-state index contributed by atoms with van der Waals surface area (Å²) in [7, 11) is 0. The van der Waals surface area contributed by atoms with E-state index in [1.807, 2.05) is 0 Å². The van der Waals surface area contributed by atoms with Gasteiger partial charge >= 0.3 is 6.36 Å². The van der Waals surface area contributed by atoms with Crippen LogP contribution in [0.5, 0.6) is 5.75 Å². The summed E-state index contributed by atoms with van der Waals surface area (Å²) in [6, 6.07) is 14.6. The summed E-state index contributed by atoms with van der Waals surface area (Å²) in [4.78, 5) is 0. The number of hydrogen-bond acceptors (Lipinski definition) is 1. The second kappa shape index (κ2) is 10.9. The van der Waals surface area contributed by atoms with Crippen LogP contribution in [0.1, 0.15) is 82.6 Å². The van der Waals surface area contributed by atoms with Crippen molar-refractivity contribution in [1.29, 1.82) is 0 Å². The third-order valence-corrected chi connectivity index (χ3v) is 6.37. The van der Waals surface area contributed by atoms with Gasteiger partial charge in [-0.1, -0.05) is 81.8 Å². The third-order valence-electron chi connectivity index (χ3n) is 6.37. The Bertz CT molecular complexity index is 741. The van der Waals surface area contributed by atoms with Crippen molar-refractivity contribution in [2.45, 2.75) is 83.4 Å². The largest absolute Gasteiger partial charge is 0.573 e. The van der Waals surface area contributed by atoms with E-state index >= 15 is 0 Å². The minimum atomic E-state index is -4.66. The van der Waals surface area contributed by atoms with E-state index in [4.69, 9.17) is 0 Å². The maximum absolute atomic E-state index is 12.3. The zero-order valence-electron chi connectivity index (χ0n) is 17.9. The Morgan fingerprint density at radius 2 is 1.33 bits per heavy atom. The van der Waals surface area contributed by atoms with E-state index in [1.165, 1.54) is 81.9 Å². The Labute approximate surface area is 178 Å². The Kier molecular flexibility index (Phi) is 8.24. The van der Waals surface area contributed by atoms with Gasteiger partial charge in [-0.2, -0.15) is 0 Å². The predicted molar refractivity (Wildman–Crippen MR) is 117 cm³/mol. The number of hydrogen-bond donors (Lipinski definition) is 0. The van der Waals surface area contributed by atoms with Crippen LogP contribution in [0, 0.1) is 5.92 Å². The highest BCUT2D eigenvalue weighted by Gasteiger charge is 2.31. The molecule has 30 heavy (non-hydrogen) atoms. The van der Waals surface area contributed by atoms with E-state index in [0.29, 0.717) is 5.92 Å². The SMILES string of the molecule is CCCCCCC[C@H]1CC[C@H](c2ccc(-c3ccc(OC(F)(F)F)cc3)cc2)CC1. The molecule has 4 heteroatoms. The average Bonchev–Trinajstić information content (AvgIpc) is 2.74. The summed E-state index contributed by atoms with van der Waals surface area (Å²) in [5, 5.41) is 0. The molecule has 0 aliphatic heterocycles. The number of alkyl halides is 3. The minimum absolute atomic E-state index is 0.190. The Balaban J connectivity index is 1.48. The molecule has 0 aromatic heterocycles. The fraction of sp³-hybridized carbons (Fsp3) is 0.538. The van der Waals surface area contributed by atoms with Crippen molar-refractivity contribution in [1.82, 2.24) is 0 Å². The van der Waals surface area contributed by atoms with Crippen molar-refractivity contribution in [3.8, 4) is 16.9 Å². The summed E-state index contributed by atoms with van der Waals surface area (Å²) in [5.74, 6) is 1.35. The van der Waals surface area contributed by atoms with Crippen LogP contribution in [0.15, 0.2) is 48.5 Å². The second-order valence-electron chi connectivity index (χ2n) is 8.61. The molecule has 1 nitrogen and oxygen atoms in total. The lowest BCUT2D eigenvalue weighted by Gasteiger charge is -2.29. The molecule has 2 aromatic carbocycles. The normalized spacial score (nSPS) is 19.6. The number of ether oxygens (including phenoxy) is 1. The molecular weight excluding hydrogens is 385 g/mol. The summed E-state index contributed by atoms with van der Waals surface area (Å²) in [6.45, 7) is 2.26. The van der Waals surface area contributed by atoms with Crippen LogP contribution in [-0.2, 0) is 0 Å². The predicted octanol–water partition coefficient (Wildman–Crippen LogP) is 8.89. The fourth-order valence-electron chi connectivity index (χ4n) is 4.62. The van der Waals surface area contributed by atoms with Crippen LogP contribution in [0.2, 0.25) is 0 Å². The van der Waals surface area contributed by atoms with Crippen molar-refractivity contribution in [2.75, 3.05) is 0 Å². The molecule has 0 amide bonds. The zero-order chi connectivity index (χ0) is 21.4. The van der Waals surface area contributed by atoms with Gasteiger partial charge < -0.3 is 4.74 Å². The van der Waals surface area contributed by atoms with Crippen molar-refractivity contribution in [2.24, 2.45) is 5.92 Å². The van der Waals surface area contributed by atoms with Crippen LogP contribution < -0.4 is 4.74 Å². The topological polar surface area (TPSA) is 9.23 Å². The molecule has 0 atom stereocenters. The molecule has 2 aromatic rings. The van der Waals surface area contributed by atoms with Crippen LogP contribution >= 0.6 is 0 Å². The van der Waals surface area contributed by atoms with E-state index < -0.39 is 6.36 Å². The second-order valence-corrected chi connectivity index (χ2v) is 8.61. The summed E-state index contributed by atoms with van der Waals surface area (Å²) >= 11 is 0. The van der Waals surface area contributed by atoms with Crippen LogP contribution in [0.4, 0.5) is 13.2 Å². The summed E-state index contributed by atoms with van der Waals surface area (Å²) in [6.07, 6.45) is 8.77. The van der Waals surface area contributed by atoms with Gasteiger partial charge in [-0.05, 0) is 66.3 Å². The Hall–Kier alpha value is -1.97. The third kappa shape index (κ3) is 7.07. The first kappa shape index (κ1) is 22.7. The molecule has 0 heterocycles. The van der Waals surface area contributed by atoms with Gasteiger partial charge in [-0.15, -0.1) is 13.2 Å². The molecule has 0 unspecified atom stereocenters. The monoisotopic (exact) mass is 418 g/mol. The van der Waals surface area contributed by atoms with Gasteiger partial charge in [0.05, 0.1) is 0 Å². The Morgan fingerprint density at radius 1 is 0.767 bits per heavy atom. The number of rotatable bonds is 9. The van der Waals surface area contributed by atoms with Gasteiger partial charge in [0.1, 0.15) is 5.75 Å². The number of halogens is 3. The first-order chi connectivity index (χ1) is 14.4. The highest BCUT2D eigenvalue weighted by molar-refractivity contribution is 5.64. The van der Waals surface area contributed by atoms with E-state index in [1.54, 1.807) is 12.1 Å². The minimum Gasteiger partial charge on any atom is -0.406 e. The van der Waals surface area contributed by atoms with E-state index in [0.717, 1.165) is 17.0 Å². The number of unbranched alkanes of at least 4 members (excludes halogenated alkanes) is 4. The lowest BCUT2D eigenvalue weighted by Crippen LogP contribution is -2.16. The van der Waals surface area contributed by atoms with Gasteiger partial charge in [0.2, 0.25) is 0 Å². The van der Waals surface area contributed by atoms with Crippen LogP contribution in [0.25, 0.3) is 11.1 Å². The molecule has 0 N–H and O–H groups in total. The smallest absolute Gasteiger partial charge is 0.406 e. The molecule has 1 aliphatic rings. The van der Waals surface area contributed by atoms with Gasteiger partial charge in [-0.25, -0.2) is 0 Å². The van der Waals surface area contributed by atoms with E-state index in [9.17, 15) is 13.2 Å². The molecule has 0 saturated heterocycles. The Morgan fingerprint density at radius 3 is 1.90 bits per heavy atom. The molecule has 1 aliphatic carbocycles. The highest BCUT2D eigenvalue weighted by Crippen LogP contribution is 2.38. The average molecular weight is 419 g/mol. The quantitative estimate of drug-likeness (QED) is 0.369. The molecule has 1 fully saturated rings. The van der Waals surface area contributed by atoms with Crippen molar-refractivity contribution < 1.29 is 17.9 Å². The molecular formula is C26H33F3O. The standard InChI is InChI=1S/C26H33F3O/c1-2-3-4-5-6-7-20-8-10-21(11-9-20)22-12-14-23(15-13-22)24-16-18-25(19-17-24)30-26(27,28)29/h12-21H,2-11H2,1H3/t20-,21-. The highest BCUT2D eigenvalue weighted by atomic mass is 19.4. The fourth-order valence-corrected chi connectivity index (χ4v) is 4.62. The maximum atomic E-state index is 12.3. The first-order valence-electron chi connectivity index (χ1n) is 11.4. The molecule has 3 rings (SSSR count). The van der Waals surface area contributed by atoms with Gasteiger partial charge in [-0.3, -0.25) is 0 Å². The van der Waals surface area contributed by atoms with Crippen molar-refractivity contribution in [3.05, 3.63) is 54.1 Å². The van der Waals surface area contributed by atoms with Crippen LogP contribution in [0.3, 0.4) is 0 Å². The van der Waals surface area contributed by atoms with Gasteiger partial charge in [0.15, 0.2) is 0 Å².